The molecule has 1 saturated heterocycles. The first-order valence-corrected chi connectivity index (χ1v) is 9.76. The minimum Gasteiger partial charge on any atom is -0.467 e. The number of carbonyl (C=O) groups is 1. The van der Waals surface area contributed by atoms with Crippen LogP contribution in [0, 0.1) is 11.7 Å². The first-order valence-electron chi connectivity index (χ1n) is 9.76. The molecule has 2 heterocycles. The SMILES string of the molecule is CCOC(=O)C1CCCN(C(=NC)NCCc2cc(F)cc3c2OCOC3)C1.I. The van der Waals surface area contributed by atoms with Crippen LogP contribution in [0.4, 0.5) is 4.39 Å². The Labute approximate surface area is 188 Å². The Morgan fingerprint density at radius 3 is 3.03 bits per heavy atom. The van der Waals surface area contributed by atoms with Crippen molar-refractivity contribution in [3.05, 3.63) is 29.1 Å². The van der Waals surface area contributed by atoms with Crippen LogP contribution < -0.4 is 10.1 Å². The van der Waals surface area contributed by atoms with Gasteiger partial charge >= 0.3 is 5.97 Å². The van der Waals surface area contributed by atoms with Gasteiger partial charge in [-0.2, -0.15) is 0 Å². The number of ether oxygens (including phenoxy) is 3. The van der Waals surface area contributed by atoms with Crippen LogP contribution in [0.15, 0.2) is 17.1 Å². The molecule has 9 heteroatoms. The van der Waals surface area contributed by atoms with Crippen LogP contribution in [-0.4, -0.2) is 56.9 Å². The van der Waals surface area contributed by atoms with Gasteiger partial charge in [0, 0.05) is 32.2 Å². The quantitative estimate of drug-likeness (QED) is 0.278. The number of piperidine rings is 1. The Bertz CT molecular complexity index is 732. The molecular weight excluding hydrogens is 492 g/mol. The molecule has 1 aromatic rings. The molecule has 7 nitrogen and oxygen atoms in total. The molecule has 1 N–H and O–H groups in total. The number of benzene rings is 1. The number of carbonyl (C=O) groups excluding carboxylic acids is 1. The van der Waals surface area contributed by atoms with Gasteiger partial charge in [0.1, 0.15) is 11.6 Å². The van der Waals surface area contributed by atoms with E-state index in [2.05, 4.69) is 15.2 Å². The van der Waals surface area contributed by atoms with Crippen molar-refractivity contribution < 1.29 is 23.4 Å². The van der Waals surface area contributed by atoms with Gasteiger partial charge in [0.05, 0.1) is 19.1 Å². The molecule has 0 amide bonds. The highest BCUT2D eigenvalue weighted by molar-refractivity contribution is 14.0. The number of fused-ring (bicyclic) bond motifs is 1. The van der Waals surface area contributed by atoms with Crippen LogP contribution in [0.5, 0.6) is 5.75 Å². The summed E-state index contributed by atoms with van der Waals surface area (Å²) in [5.41, 5.74) is 1.54. The minimum atomic E-state index is -0.291. The van der Waals surface area contributed by atoms with Crippen LogP contribution in [0.3, 0.4) is 0 Å². The van der Waals surface area contributed by atoms with Crippen LogP contribution in [-0.2, 0) is 27.3 Å². The molecule has 1 atom stereocenters. The number of aliphatic imine (C=N–C) groups is 1. The van der Waals surface area contributed by atoms with E-state index in [9.17, 15) is 9.18 Å². The fraction of sp³-hybridized carbons (Fsp3) is 0.600. The average molecular weight is 521 g/mol. The molecule has 0 aromatic heterocycles. The molecule has 0 aliphatic carbocycles. The maximum Gasteiger partial charge on any atom is 0.310 e. The number of guanidine groups is 1. The van der Waals surface area contributed by atoms with Gasteiger partial charge in [-0.1, -0.05) is 0 Å². The van der Waals surface area contributed by atoms with E-state index in [0.29, 0.717) is 38.5 Å². The lowest BCUT2D eigenvalue weighted by Crippen LogP contribution is -2.48. The fourth-order valence-electron chi connectivity index (χ4n) is 3.71. The number of hydrogen-bond donors (Lipinski definition) is 1. The first-order chi connectivity index (χ1) is 13.6. The lowest BCUT2D eigenvalue weighted by Gasteiger charge is -2.34. The number of rotatable bonds is 5. The number of nitrogens with zero attached hydrogens (tertiary/aromatic N) is 2. The van der Waals surface area contributed by atoms with Crippen molar-refractivity contribution in [1.29, 1.82) is 0 Å². The molecule has 162 valence electrons. The van der Waals surface area contributed by atoms with E-state index in [1.165, 1.54) is 12.1 Å². The predicted octanol–water partition coefficient (Wildman–Crippen LogP) is 2.70. The third-order valence-electron chi connectivity index (χ3n) is 4.98. The number of esters is 1. The third-order valence-corrected chi connectivity index (χ3v) is 4.98. The number of nitrogens with one attached hydrogen (secondary N) is 1. The van der Waals surface area contributed by atoms with Crippen molar-refractivity contribution in [1.82, 2.24) is 10.2 Å². The van der Waals surface area contributed by atoms with Crippen molar-refractivity contribution in [3.8, 4) is 5.75 Å². The lowest BCUT2D eigenvalue weighted by molar-refractivity contribution is -0.149. The molecule has 1 unspecified atom stereocenters. The summed E-state index contributed by atoms with van der Waals surface area (Å²) in [7, 11) is 1.72. The molecule has 0 bridgehead atoms. The molecule has 0 spiro atoms. The second-order valence-electron chi connectivity index (χ2n) is 6.93. The summed E-state index contributed by atoms with van der Waals surface area (Å²) in [4.78, 5) is 18.5. The largest absolute Gasteiger partial charge is 0.467 e. The smallest absolute Gasteiger partial charge is 0.310 e. The summed E-state index contributed by atoms with van der Waals surface area (Å²) < 4.78 is 29.8. The number of halogens is 2. The van der Waals surface area contributed by atoms with Gasteiger partial charge in [-0.3, -0.25) is 9.79 Å². The average Bonchev–Trinajstić information content (AvgIpc) is 2.71. The Morgan fingerprint density at radius 1 is 1.45 bits per heavy atom. The third kappa shape index (κ3) is 6.18. The minimum absolute atomic E-state index is 0. The van der Waals surface area contributed by atoms with E-state index in [1.807, 2.05) is 6.92 Å². The Balaban J connectivity index is 0.00000300. The summed E-state index contributed by atoms with van der Waals surface area (Å²) in [6.07, 6.45) is 2.34. The standard InChI is InChI=1S/C20H28FN3O4.HI/c1-3-27-19(25)15-5-4-8-24(11-15)20(22-2)23-7-6-14-9-17(21)10-16-12-26-13-28-18(14)16;/h9-10,15H,3-8,11-13H2,1-2H3,(H,22,23);1H. The highest BCUT2D eigenvalue weighted by atomic mass is 127. The van der Waals surface area contributed by atoms with Crippen molar-refractivity contribution in [2.45, 2.75) is 32.8 Å². The van der Waals surface area contributed by atoms with Crippen LogP contribution in [0.1, 0.15) is 30.9 Å². The van der Waals surface area contributed by atoms with E-state index in [-0.39, 0.29) is 48.5 Å². The zero-order valence-corrected chi connectivity index (χ0v) is 19.2. The van der Waals surface area contributed by atoms with Crippen LogP contribution >= 0.6 is 24.0 Å². The van der Waals surface area contributed by atoms with Crippen LogP contribution in [0.2, 0.25) is 0 Å². The summed E-state index contributed by atoms with van der Waals surface area (Å²) >= 11 is 0. The fourth-order valence-corrected chi connectivity index (χ4v) is 3.71. The Hall–Kier alpha value is -1.62. The summed E-state index contributed by atoms with van der Waals surface area (Å²) in [5, 5.41) is 3.32. The van der Waals surface area contributed by atoms with Crippen LogP contribution in [0.25, 0.3) is 0 Å². The molecule has 1 aromatic carbocycles. The zero-order chi connectivity index (χ0) is 19.9. The second kappa shape index (κ2) is 11.5. The molecule has 3 rings (SSSR count). The van der Waals surface area contributed by atoms with Gasteiger partial charge in [0.2, 0.25) is 0 Å². The lowest BCUT2D eigenvalue weighted by atomic mass is 9.98. The van der Waals surface area contributed by atoms with E-state index in [0.717, 1.165) is 36.5 Å². The normalized spacial score (nSPS) is 18.9. The van der Waals surface area contributed by atoms with Crippen molar-refractivity contribution >= 4 is 35.9 Å². The number of hydrogen-bond acceptors (Lipinski definition) is 5. The molecule has 0 radical (unpaired) electrons. The van der Waals surface area contributed by atoms with Gasteiger partial charge in [-0.15, -0.1) is 24.0 Å². The Morgan fingerprint density at radius 2 is 2.28 bits per heavy atom. The van der Waals surface area contributed by atoms with E-state index in [4.69, 9.17) is 14.2 Å². The number of likely N-dealkylation sites (tertiary alicyclic amines) is 1. The van der Waals surface area contributed by atoms with E-state index in [1.54, 1.807) is 7.05 Å². The second-order valence-corrected chi connectivity index (χ2v) is 6.93. The molecule has 29 heavy (non-hydrogen) atoms. The highest BCUT2D eigenvalue weighted by Gasteiger charge is 2.28. The molecule has 2 aliphatic heterocycles. The molecule has 2 aliphatic rings. The van der Waals surface area contributed by atoms with Gasteiger partial charge in [0.15, 0.2) is 12.8 Å². The van der Waals surface area contributed by atoms with Gasteiger partial charge < -0.3 is 24.4 Å². The van der Waals surface area contributed by atoms with Gasteiger partial charge in [-0.25, -0.2) is 4.39 Å². The van der Waals surface area contributed by atoms with E-state index < -0.39 is 0 Å². The molecule has 0 saturated carbocycles. The molecule has 1 fully saturated rings. The summed E-state index contributed by atoms with van der Waals surface area (Å²) in [5.74, 6) is 0.887. The monoisotopic (exact) mass is 521 g/mol. The van der Waals surface area contributed by atoms with Gasteiger partial charge in [0.25, 0.3) is 0 Å². The zero-order valence-electron chi connectivity index (χ0n) is 16.9. The summed E-state index contributed by atoms with van der Waals surface area (Å²) in [6, 6.07) is 2.96. The van der Waals surface area contributed by atoms with Crippen molar-refractivity contribution in [3.63, 3.8) is 0 Å². The van der Waals surface area contributed by atoms with Gasteiger partial charge in [-0.05, 0) is 43.9 Å². The molecular formula is C20H29FIN3O4. The van der Waals surface area contributed by atoms with Crippen molar-refractivity contribution in [2.24, 2.45) is 10.9 Å². The maximum atomic E-state index is 13.9. The topological polar surface area (TPSA) is 72.4 Å². The highest BCUT2D eigenvalue weighted by Crippen LogP contribution is 2.29. The Kier molecular flexibility index (Phi) is 9.41. The van der Waals surface area contributed by atoms with Crippen molar-refractivity contribution in [2.75, 3.05) is 40.1 Å². The first kappa shape index (κ1) is 23.7. The summed E-state index contributed by atoms with van der Waals surface area (Å²) in [6.45, 7) is 4.77. The predicted molar refractivity (Wildman–Crippen MR) is 118 cm³/mol. The van der Waals surface area contributed by atoms with E-state index >= 15 is 0 Å². The maximum absolute atomic E-state index is 13.9.